The van der Waals surface area contributed by atoms with E-state index in [-0.39, 0.29) is 23.4 Å². The van der Waals surface area contributed by atoms with Crippen LogP contribution in [0.3, 0.4) is 0 Å². The van der Waals surface area contributed by atoms with Gasteiger partial charge in [0.1, 0.15) is 5.84 Å². The Morgan fingerprint density at radius 1 is 1.20 bits per heavy atom. The van der Waals surface area contributed by atoms with Crippen molar-refractivity contribution >= 4 is 34.4 Å². The average molecular weight is 404 g/mol. The van der Waals surface area contributed by atoms with Gasteiger partial charge in [0, 0.05) is 30.0 Å². The fourth-order valence-corrected chi connectivity index (χ4v) is 3.59. The monoisotopic (exact) mass is 404 g/mol. The number of nitrogens with zero attached hydrogens (tertiary/aromatic N) is 2. The zero-order valence-corrected chi connectivity index (χ0v) is 16.6. The summed E-state index contributed by atoms with van der Waals surface area (Å²) < 4.78 is 5.02. The van der Waals surface area contributed by atoms with Crippen LogP contribution in [0.15, 0.2) is 59.4 Å². The first-order chi connectivity index (χ1) is 14.5. The molecule has 2 aromatic rings. The molecule has 4 rings (SSSR count). The van der Waals surface area contributed by atoms with E-state index in [2.05, 4.69) is 15.6 Å². The first kappa shape index (κ1) is 19.4. The van der Waals surface area contributed by atoms with Crippen LogP contribution in [0.2, 0.25) is 0 Å². The predicted octanol–water partition coefficient (Wildman–Crippen LogP) is 4.64. The van der Waals surface area contributed by atoms with E-state index in [1.165, 1.54) is 0 Å². The Balaban J connectivity index is 1.74. The Morgan fingerprint density at radius 2 is 1.97 bits per heavy atom. The zero-order chi connectivity index (χ0) is 21.3. The number of rotatable bonds is 4. The molecule has 2 N–H and O–H groups in total. The maximum atomic E-state index is 12.2. The number of nitro benzene ring substituents is 1. The van der Waals surface area contributed by atoms with E-state index < -0.39 is 10.9 Å². The lowest BCUT2D eigenvalue weighted by atomic mass is 9.92. The van der Waals surface area contributed by atoms with Crippen LogP contribution in [-0.2, 0) is 4.74 Å². The number of fused-ring (bicyclic) bond motifs is 2. The number of aliphatic imine (C=N–C) groups is 1. The zero-order valence-electron chi connectivity index (χ0n) is 16.6. The van der Waals surface area contributed by atoms with E-state index >= 15 is 0 Å². The van der Waals surface area contributed by atoms with Crippen LogP contribution in [0.4, 0.5) is 17.1 Å². The highest BCUT2D eigenvalue weighted by Gasteiger charge is 2.28. The number of amidine groups is 1. The van der Waals surface area contributed by atoms with Crippen molar-refractivity contribution in [2.75, 3.05) is 17.2 Å². The second kappa shape index (κ2) is 7.82. The molecule has 2 aliphatic rings. The summed E-state index contributed by atoms with van der Waals surface area (Å²) in [5, 5.41) is 18.4. The van der Waals surface area contributed by atoms with Crippen LogP contribution >= 0.6 is 0 Å². The maximum Gasteiger partial charge on any atom is 0.338 e. The van der Waals surface area contributed by atoms with E-state index in [4.69, 9.17) is 4.74 Å². The number of para-hydroxylation sites is 2. The van der Waals surface area contributed by atoms with Crippen molar-refractivity contribution in [3.63, 3.8) is 0 Å². The van der Waals surface area contributed by atoms with Gasteiger partial charge in [0.2, 0.25) is 0 Å². The molecule has 8 heteroatoms. The molecular formula is C22H20N4O4. The third-order valence-corrected chi connectivity index (χ3v) is 5.07. The van der Waals surface area contributed by atoms with Gasteiger partial charge < -0.3 is 15.4 Å². The summed E-state index contributed by atoms with van der Waals surface area (Å²) in [6.45, 7) is 3.46. The lowest BCUT2D eigenvalue weighted by molar-refractivity contribution is -0.385. The molecule has 0 fully saturated rings. The number of nitro groups is 1. The number of allylic oxidation sites excluding steroid dienone is 1. The van der Waals surface area contributed by atoms with Gasteiger partial charge in [0.15, 0.2) is 0 Å². The van der Waals surface area contributed by atoms with Crippen LogP contribution in [0.1, 0.15) is 34.8 Å². The lowest BCUT2D eigenvalue weighted by Crippen LogP contribution is -2.17. The summed E-state index contributed by atoms with van der Waals surface area (Å²) in [6.07, 6.45) is 3.95. The van der Waals surface area contributed by atoms with Gasteiger partial charge in [-0.25, -0.2) is 9.79 Å². The maximum absolute atomic E-state index is 12.2. The van der Waals surface area contributed by atoms with E-state index in [1.807, 2.05) is 30.5 Å². The fourth-order valence-electron chi connectivity index (χ4n) is 3.59. The van der Waals surface area contributed by atoms with Crippen molar-refractivity contribution in [3.8, 4) is 0 Å². The first-order valence-electron chi connectivity index (χ1n) is 9.54. The highest BCUT2D eigenvalue weighted by atomic mass is 16.6. The topological polar surface area (TPSA) is 106 Å². The summed E-state index contributed by atoms with van der Waals surface area (Å²) >= 11 is 0. The van der Waals surface area contributed by atoms with Gasteiger partial charge in [0.05, 0.1) is 34.0 Å². The summed E-state index contributed by atoms with van der Waals surface area (Å²) in [7, 11) is 0. The minimum absolute atomic E-state index is 0.108. The molecule has 30 heavy (non-hydrogen) atoms. The van der Waals surface area contributed by atoms with Gasteiger partial charge in [-0.15, -0.1) is 0 Å². The molecule has 0 bridgehead atoms. The van der Waals surface area contributed by atoms with Gasteiger partial charge in [-0.1, -0.05) is 12.1 Å². The smallest absolute Gasteiger partial charge is 0.338 e. The van der Waals surface area contributed by atoms with E-state index in [0.717, 1.165) is 16.9 Å². The van der Waals surface area contributed by atoms with Gasteiger partial charge in [-0.2, -0.15) is 0 Å². The molecule has 152 valence electrons. The van der Waals surface area contributed by atoms with Crippen molar-refractivity contribution in [2.45, 2.75) is 20.3 Å². The van der Waals surface area contributed by atoms with Crippen molar-refractivity contribution < 1.29 is 14.5 Å². The van der Waals surface area contributed by atoms with Gasteiger partial charge in [-0.05, 0) is 43.7 Å². The number of benzene rings is 2. The standard InChI is InChI=1S/C22H20N4O4/c1-3-30-22(27)16-8-9-17(20(13(16)2)26(28)29)14-10-15-12-23-18-6-4-5-7-19(18)25-21(15)24-11-14/h4-9,11-12,23H,3,10H2,1-2H3,(H,24,25). The first-order valence-corrected chi connectivity index (χ1v) is 9.54. The number of ether oxygens (including phenoxy) is 1. The summed E-state index contributed by atoms with van der Waals surface area (Å²) in [6, 6.07) is 10.9. The molecular weight excluding hydrogens is 384 g/mol. The van der Waals surface area contributed by atoms with Crippen molar-refractivity contribution in [1.82, 2.24) is 0 Å². The molecule has 0 atom stereocenters. The minimum atomic E-state index is -0.569. The number of esters is 1. The molecule has 0 aromatic heterocycles. The molecule has 0 saturated heterocycles. The van der Waals surface area contributed by atoms with Crippen LogP contribution in [0, 0.1) is 17.0 Å². The number of hydrogen-bond donors (Lipinski definition) is 2. The molecule has 0 saturated carbocycles. The van der Waals surface area contributed by atoms with Gasteiger partial charge in [-0.3, -0.25) is 10.1 Å². The van der Waals surface area contributed by atoms with Crippen LogP contribution in [0.5, 0.6) is 0 Å². The number of anilines is 2. The Hall–Kier alpha value is -3.94. The van der Waals surface area contributed by atoms with Crippen molar-refractivity contribution in [3.05, 3.63) is 81.2 Å². The van der Waals surface area contributed by atoms with Crippen LogP contribution in [-0.4, -0.2) is 23.3 Å². The number of carbonyl (C=O) groups excluding carboxylic acids is 1. The molecule has 0 spiro atoms. The van der Waals surface area contributed by atoms with E-state index in [9.17, 15) is 14.9 Å². The van der Waals surface area contributed by atoms with E-state index in [0.29, 0.717) is 23.4 Å². The normalized spacial score (nSPS) is 14.5. The van der Waals surface area contributed by atoms with Crippen molar-refractivity contribution in [1.29, 1.82) is 0 Å². The Labute approximate surface area is 173 Å². The minimum Gasteiger partial charge on any atom is -0.462 e. The van der Waals surface area contributed by atoms with Gasteiger partial charge >= 0.3 is 5.97 Å². The molecule has 2 heterocycles. The van der Waals surface area contributed by atoms with Crippen LogP contribution < -0.4 is 10.6 Å². The van der Waals surface area contributed by atoms with E-state index in [1.54, 1.807) is 32.2 Å². The Kier molecular flexibility index (Phi) is 5.05. The lowest BCUT2D eigenvalue weighted by Gasteiger charge is -2.18. The molecule has 0 aliphatic carbocycles. The number of hydrogen-bond acceptors (Lipinski definition) is 7. The highest BCUT2D eigenvalue weighted by Crippen LogP contribution is 2.37. The summed E-state index contributed by atoms with van der Waals surface area (Å²) in [5.41, 5.74) is 4.21. The van der Waals surface area contributed by atoms with Gasteiger partial charge in [0.25, 0.3) is 5.69 Å². The molecule has 0 amide bonds. The Bertz CT molecular complexity index is 1150. The van der Waals surface area contributed by atoms with Crippen LogP contribution in [0.25, 0.3) is 5.57 Å². The largest absolute Gasteiger partial charge is 0.462 e. The summed E-state index contributed by atoms with van der Waals surface area (Å²) in [5.74, 6) is 0.124. The van der Waals surface area contributed by atoms with Crippen molar-refractivity contribution in [2.24, 2.45) is 4.99 Å². The molecule has 0 unspecified atom stereocenters. The fraction of sp³-hybridized carbons (Fsp3) is 0.182. The average Bonchev–Trinajstić information content (AvgIpc) is 2.92. The molecule has 0 radical (unpaired) electrons. The Morgan fingerprint density at radius 3 is 2.70 bits per heavy atom. The molecule has 8 nitrogen and oxygen atoms in total. The SMILES string of the molecule is CCOC(=O)c1ccc(C2=CN=C3Nc4ccccc4NC=C3C2)c([N+](=O)[O-])c1C. The predicted molar refractivity (Wildman–Crippen MR) is 116 cm³/mol. The third kappa shape index (κ3) is 3.43. The second-order valence-electron chi connectivity index (χ2n) is 6.91. The number of nitrogens with one attached hydrogen (secondary N) is 2. The molecule has 2 aliphatic heterocycles. The second-order valence-corrected chi connectivity index (χ2v) is 6.91. The quantitative estimate of drug-likeness (QED) is 0.437. The number of carbonyl (C=O) groups is 1. The third-order valence-electron chi connectivity index (χ3n) is 5.07. The molecule has 2 aromatic carbocycles. The highest BCUT2D eigenvalue weighted by molar-refractivity contribution is 6.13. The summed E-state index contributed by atoms with van der Waals surface area (Å²) in [4.78, 5) is 28.1.